The van der Waals surface area contributed by atoms with E-state index in [4.69, 9.17) is 76.5 Å². The van der Waals surface area contributed by atoms with Crippen LogP contribution in [0.25, 0.3) is 0 Å². The van der Waals surface area contributed by atoms with E-state index < -0.39 is 102 Å². The molecule has 26 rings (SSSR count). The molecule has 0 spiro atoms. The maximum absolute atomic E-state index is 12.5. The van der Waals surface area contributed by atoms with Crippen molar-refractivity contribution in [2.24, 2.45) is 183 Å². The molecule has 128 heavy (non-hydrogen) atoms. The number of rotatable bonds is 19. The minimum absolute atomic E-state index is 0.00286. The number of aliphatic hydroxyl groups excluding tert-OH is 7. The van der Waals surface area contributed by atoms with Crippen LogP contribution in [0.4, 0.5) is 0 Å². The second-order valence-electron chi connectivity index (χ2n) is 41.4. The van der Waals surface area contributed by atoms with Gasteiger partial charge in [0.25, 0.3) is 0 Å². The number of ether oxygens (including phenoxy) is 14. The molecule has 7 heterocycles. The second-order valence-corrected chi connectivity index (χ2v) is 41.4. The van der Waals surface area contributed by atoms with E-state index in [0.29, 0.717) is 32.7 Å². The number of hydrogen-bond donors (Lipinski definition) is 7. The zero-order chi connectivity index (χ0) is 92.2. The van der Waals surface area contributed by atoms with Crippen LogP contribution in [-0.2, 0) is 133 Å². The minimum Gasteiger partial charge on any atom is -0.469 e. The standard InChI is InChI=1S/C16H24O5.C15H22O5.C14H20O5.C13H18O5.2C12H16O5.C11H14O5/c1-16(2,3)21-15(19)11-9-7-10-12(11)14(18)20-13(10)8(9)5-4-6-17;1-2-6-19-14(17)11-9-7-10-12(11)15(18)20-13(10)8(9)4-3-5-16;1-14(2,3)19-13(17)8-6-4-5-7-9(8)12(16)18-11(7)10(6)15;1-2-5-17-12(15)8-6-3-4-7-9(8)13(16)18-11(7)10(6)14;1-16-11(14)8-5-2-3-6-9(8)12(15)17-10(6)7(5)4-13;1-2-16-11(14)7-5-3-4-6-8(7)12(15)17-10(6)9(5)13;1-15-10(13)6-4-2-3-5-7(6)11(14)16-9(5)8(4)12/h8-13,17H,4-7H2,1-3H3;8-13,16H,2-7H2,1H3;6-11,15H,4-5H2,1-3H3;6-11,14H,2-5H2,1H3;2*5-10,13H,2-4H2,1H3;4-9,12H,2-3H2,1H3. The van der Waals surface area contributed by atoms with Crippen molar-refractivity contribution in [2.75, 3.05) is 53.9 Å². The van der Waals surface area contributed by atoms with Gasteiger partial charge in [0.05, 0.1) is 141 Å². The highest BCUT2D eigenvalue weighted by molar-refractivity contribution is 5.90. The third-order valence-electron chi connectivity index (χ3n) is 33.0. The fourth-order valence-electron chi connectivity index (χ4n) is 28.4. The summed E-state index contributed by atoms with van der Waals surface area (Å²) in [5, 5.41) is 68.0. The normalized spacial score (nSPS) is 44.5. The molecule has 42 unspecified atom stereocenters. The van der Waals surface area contributed by atoms with Crippen LogP contribution in [0.3, 0.4) is 0 Å². The molecule has 24 bridgehead atoms. The highest BCUT2D eigenvalue weighted by Crippen LogP contribution is 2.66. The third kappa shape index (κ3) is 16.7. The topological polar surface area (TPSA) is 510 Å². The smallest absolute Gasteiger partial charge is 0.310 e. The third-order valence-corrected chi connectivity index (χ3v) is 33.0. The van der Waals surface area contributed by atoms with Crippen LogP contribution < -0.4 is 0 Å². The highest BCUT2D eigenvalue weighted by Gasteiger charge is 2.73. The van der Waals surface area contributed by atoms with Crippen LogP contribution in [0.15, 0.2) is 0 Å². The van der Waals surface area contributed by atoms with Crippen molar-refractivity contribution < 1.29 is 169 Å². The molecule has 19 aliphatic carbocycles. The van der Waals surface area contributed by atoms with Gasteiger partial charge in [-0.2, -0.15) is 0 Å². The SMILES string of the molecule is CC(C)(C)OC(=O)C1C2CC3C(OC(=O)C31)C2CCCO.CC(C)(C)OC(=O)C1C2CCC3C(OC(=O)C31)C2O.CCCOC(=O)C1C2CC3C(OC(=O)C31)C2CCCO.CCCOC(=O)C1C2CCC3C(OC(=O)C31)C2O.CCOC(=O)C1C2CCC3C(OC(=O)C31)C2O.COC(=O)C1C2CCC3C(OC(=O)C31)C2CO.COC(=O)C1C2CCC3C(OC(=O)C31)C2O. The molecule has 0 radical (unpaired) electrons. The van der Waals surface area contributed by atoms with Crippen molar-refractivity contribution in [3.63, 3.8) is 0 Å². The van der Waals surface area contributed by atoms with Crippen molar-refractivity contribution in [3.8, 4) is 0 Å². The van der Waals surface area contributed by atoms with Gasteiger partial charge in [0.2, 0.25) is 0 Å². The average Bonchev–Trinajstić information content (AvgIpc) is 1.54. The van der Waals surface area contributed by atoms with Gasteiger partial charge in [-0.15, -0.1) is 0 Å². The quantitative estimate of drug-likeness (QED) is 0.0713. The molecule has 7 N–H and O–H groups in total. The van der Waals surface area contributed by atoms with Crippen LogP contribution in [0.1, 0.15) is 178 Å². The van der Waals surface area contributed by atoms with Gasteiger partial charge in [0, 0.05) is 103 Å². The van der Waals surface area contributed by atoms with Crippen molar-refractivity contribution in [3.05, 3.63) is 0 Å². The van der Waals surface area contributed by atoms with E-state index in [1.807, 2.05) is 34.6 Å². The van der Waals surface area contributed by atoms with E-state index in [-0.39, 0.29) is 264 Å². The molecule has 7 saturated heterocycles. The van der Waals surface area contributed by atoms with Gasteiger partial charge < -0.3 is 102 Å². The molecular weight excluding hydrogens is 1680 g/mol. The lowest BCUT2D eigenvalue weighted by Gasteiger charge is -2.47. The second kappa shape index (κ2) is 37.8. The summed E-state index contributed by atoms with van der Waals surface area (Å²) in [6.45, 7) is 17.9. The summed E-state index contributed by atoms with van der Waals surface area (Å²) in [7, 11) is 2.66. The first kappa shape index (κ1) is 94.9. The molecule has 19 saturated carbocycles. The molecule has 712 valence electrons. The Kier molecular flexibility index (Phi) is 28.0. The van der Waals surface area contributed by atoms with E-state index in [9.17, 15) is 92.7 Å². The summed E-state index contributed by atoms with van der Waals surface area (Å²) >= 11 is 0. The van der Waals surface area contributed by atoms with E-state index >= 15 is 0 Å². The molecule has 42 atom stereocenters. The average molecular weight is 1810 g/mol. The zero-order valence-corrected chi connectivity index (χ0v) is 74.8. The Morgan fingerprint density at radius 1 is 0.312 bits per heavy atom. The maximum atomic E-state index is 12.5. The molecule has 35 heteroatoms. The van der Waals surface area contributed by atoms with Gasteiger partial charge in [0.1, 0.15) is 53.9 Å². The Labute approximate surface area is 743 Å². The highest BCUT2D eigenvalue weighted by atomic mass is 16.6. The lowest BCUT2D eigenvalue weighted by Crippen LogP contribution is -2.56. The Bertz CT molecular complexity index is 4200. The Hall–Kier alpha value is -7.70. The van der Waals surface area contributed by atoms with Crippen molar-refractivity contribution in [1.82, 2.24) is 0 Å². The van der Waals surface area contributed by atoms with Crippen LogP contribution in [0.5, 0.6) is 0 Å². The van der Waals surface area contributed by atoms with Gasteiger partial charge in [0.15, 0.2) is 0 Å². The predicted octanol–water partition coefficient (Wildman–Crippen LogP) is 3.84. The molecule has 0 aromatic rings. The zero-order valence-electron chi connectivity index (χ0n) is 74.8. The van der Waals surface area contributed by atoms with Crippen molar-refractivity contribution >= 4 is 83.6 Å². The van der Waals surface area contributed by atoms with Crippen LogP contribution in [-0.4, -0.2) is 252 Å². The van der Waals surface area contributed by atoms with Gasteiger partial charge in [-0.3, -0.25) is 67.1 Å². The molecule has 0 aromatic heterocycles. The molecule has 35 nitrogen and oxygen atoms in total. The largest absolute Gasteiger partial charge is 0.469 e. The molecule has 7 aliphatic heterocycles. The van der Waals surface area contributed by atoms with Crippen molar-refractivity contribution in [1.29, 1.82) is 0 Å². The monoisotopic (exact) mass is 1810 g/mol. The fourth-order valence-corrected chi connectivity index (χ4v) is 28.4. The number of carbonyl (C=O) groups excluding carboxylic acids is 14. The van der Waals surface area contributed by atoms with Gasteiger partial charge in [-0.1, -0.05) is 13.8 Å². The predicted molar refractivity (Wildman–Crippen MR) is 431 cm³/mol. The minimum atomic E-state index is -0.723. The van der Waals surface area contributed by atoms with E-state index in [1.165, 1.54) is 14.2 Å². The summed E-state index contributed by atoms with van der Waals surface area (Å²) in [4.78, 5) is 168. The van der Waals surface area contributed by atoms with E-state index in [2.05, 4.69) is 0 Å². The fraction of sp³-hybridized carbons (Fsp3) is 0.849. The number of esters is 14. The summed E-state index contributed by atoms with van der Waals surface area (Å²) in [6.07, 6.45) is 9.96. The van der Waals surface area contributed by atoms with Crippen molar-refractivity contribution in [2.45, 2.75) is 256 Å². The van der Waals surface area contributed by atoms with Crippen LogP contribution in [0.2, 0.25) is 0 Å². The van der Waals surface area contributed by atoms with E-state index in [0.717, 1.165) is 103 Å². The number of hydrogen-bond acceptors (Lipinski definition) is 35. The first-order valence-corrected chi connectivity index (χ1v) is 47.0. The Morgan fingerprint density at radius 2 is 0.555 bits per heavy atom. The summed E-state index contributed by atoms with van der Waals surface area (Å²) in [5.41, 5.74) is -1.12. The lowest BCUT2D eigenvalue weighted by molar-refractivity contribution is -0.178. The van der Waals surface area contributed by atoms with Gasteiger partial charge >= 0.3 is 83.6 Å². The van der Waals surface area contributed by atoms with E-state index in [1.54, 1.807) is 27.7 Å². The number of methoxy groups -OCH3 is 2. The first-order chi connectivity index (χ1) is 60.9. The molecule has 26 aliphatic rings. The summed E-state index contributed by atoms with van der Waals surface area (Å²) in [5.74, 6) is -9.63. The number of aliphatic hydroxyl groups is 7. The first-order valence-electron chi connectivity index (χ1n) is 47.0. The van der Waals surface area contributed by atoms with Crippen LogP contribution >= 0.6 is 0 Å². The number of carbonyl (C=O) groups is 14. The maximum Gasteiger partial charge on any atom is 0.310 e. The summed E-state index contributed by atoms with van der Waals surface area (Å²) < 4.78 is 73.2. The molecule has 0 amide bonds. The van der Waals surface area contributed by atoms with Gasteiger partial charge in [-0.25, -0.2) is 0 Å². The Balaban J connectivity index is 0.000000115. The summed E-state index contributed by atoms with van der Waals surface area (Å²) in [6, 6.07) is 0. The molecular formula is C93H130O35. The molecule has 26 fully saturated rings. The number of fused-ring (bicyclic) bond motifs is 7. The van der Waals surface area contributed by atoms with Crippen LogP contribution in [0, 0.1) is 183 Å². The lowest BCUT2D eigenvalue weighted by atomic mass is 9.54. The molecule has 0 aromatic carbocycles. The Morgan fingerprint density at radius 3 is 0.844 bits per heavy atom. The van der Waals surface area contributed by atoms with Gasteiger partial charge in [-0.05, 0) is 182 Å².